The Balaban J connectivity index is 2.36. The molecule has 0 radical (unpaired) electrons. The van der Waals surface area contributed by atoms with Gasteiger partial charge >= 0.3 is 0 Å². The quantitative estimate of drug-likeness (QED) is 0.359. The molecule has 5 heteroatoms. The molecule has 1 rings (SSSR count). The molecule has 1 aromatic rings. The summed E-state index contributed by atoms with van der Waals surface area (Å²) in [4.78, 5) is 11.7. The first-order valence-corrected chi connectivity index (χ1v) is 5.37. The molecule has 0 saturated heterocycles. The summed E-state index contributed by atoms with van der Waals surface area (Å²) in [6.07, 6.45) is -1.06. The summed E-state index contributed by atoms with van der Waals surface area (Å²) < 4.78 is 4.99. The number of rotatable bonds is 7. The monoisotopic (exact) mass is 239 g/mol. The van der Waals surface area contributed by atoms with Crippen molar-refractivity contribution in [3.8, 4) is 5.75 Å². The Hall–Kier alpha value is -1.43. The standard InChI is InChI=1S/C12H17NO4/c1-17-10-4-2-9(3-5-10)11(14)6-7-13-8-12(15)16/h2-5,12-13,15-16H,6-8H2,1H3. The maximum atomic E-state index is 11.7. The van der Waals surface area contributed by atoms with Crippen LogP contribution in [0.2, 0.25) is 0 Å². The molecule has 0 bridgehead atoms. The third-order valence-corrected chi connectivity index (χ3v) is 2.27. The lowest BCUT2D eigenvalue weighted by atomic mass is 10.1. The van der Waals surface area contributed by atoms with E-state index in [1.54, 1.807) is 31.4 Å². The zero-order valence-electron chi connectivity index (χ0n) is 9.72. The van der Waals surface area contributed by atoms with Crippen molar-refractivity contribution in [3.05, 3.63) is 29.8 Å². The molecule has 94 valence electrons. The van der Waals surface area contributed by atoms with Gasteiger partial charge in [0.2, 0.25) is 0 Å². The van der Waals surface area contributed by atoms with Crippen LogP contribution in [0.5, 0.6) is 5.75 Å². The van der Waals surface area contributed by atoms with Crippen molar-refractivity contribution in [1.82, 2.24) is 5.32 Å². The molecule has 0 amide bonds. The zero-order valence-corrected chi connectivity index (χ0v) is 9.72. The molecular weight excluding hydrogens is 222 g/mol. The Labute approximate surface area is 100 Å². The molecule has 0 aliphatic heterocycles. The maximum absolute atomic E-state index is 11.7. The summed E-state index contributed by atoms with van der Waals surface area (Å²) in [5.74, 6) is 0.718. The molecule has 0 atom stereocenters. The summed E-state index contributed by atoms with van der Waals surface area (Å²) in [7, 11) is 1.57. The molecule has 1 aromatic carbocycles. The van der Waals surface area contributed by atoms with Crippen LogP contribution in [0.4, 0.5) is 0 Å². The molecule has 0 aliphatic rings. The van der Waals surface area contributed by atoms with Gasteiger partial charge in [-0.2, -0.15) is 0 Å². The summed E-state index contributed by atoms with van der Waals surface area (Å²) >= 11 is 0. The van der Waals surface area contributed by atoms with Crippen LogP contribution >= 0.6 is 0 Å². The van der Waals surface area contributed by atoms with E-state index in [-0.39, 0.29) is 12.3 Å². The van der Waals surface area contributed by atoms with Gasteiger partial charge in [0.25, 0.3) is 0 Å². The molecule has 0 fully saturated rings. The van der Waals surface area contributed by atoms with Crippen molar-refractivity contribution in [2.45, 2.75) is 12.7 Å². The Morgan fingerprint density at radius 1 is 1.35 bits per heavy atom. The van der Waals surface area contributed by atoms with Crippen molar-refractivity contribution in [2.24, 2.45) is 0 Å². The number of hydrogen-bond donors (Lipinski definition) is 3. The van der Waals surface area contributed by atoms with E-state index in [4.69, 9.17) is 14.9 Å². The van der Waals surface area contributed by atoms with Gasteiger partial charge in [-0.05, 0) is 24.3 Å². The van der Waals surface area contributed by atoms with Crippen LogP contribution in [-0.4, -0.2) is 42.5 Å². The molecule has 0 spiro atoms. The van der Waals surface area contributed by atoms with Crippen LogP contribution in [0, 0.1) is 0 Å². The molecule has 0 heterocycles. The second kappa shape index (κ2) is 7.01. The Bertz CT molecular complexity index is 348. The lowest BCUT2D eigenvalue weighted by molar-refractivity contribution is -0.0370. The van der Waals surface area contributed by atoms with E-state index in [1.807, 2.05) is 0 Å². The third-order valence-electron chi connectivity index (χ3n) is 2.27. The summed E-state index contributed by atoms with van der Waals surface area (Å²) in [6.45, 7) is 0.484. The van der Waals surface area contributed by atoms with Crippen LogP contribution in [0.1, 0.15) is 16.8 Å². The highest BCUT2D eigenvalue weighted by molar-refractivity contribution is 5.96. The SMILES string of the molecule is COc1ccc(C(=O)CCNCC(O)O)cc1. The van der Waals surface area contributed by atoms with E-state index < -0.39 is 6.29 Å². The van der Waals surface area contributed by atoms with Crippen molar-refractivity contribution in [3.63, 3.8) is 0 Å². The fourth-order valence-electron chi connectivity index (χ4n) is 1.35. The highest BCUT2D eigenvalue weighted by Crippen LogP contribution is 2.12. The summed E-state index contributed by atoms with van der Waals surface area (Å²) in [5, 5.41) is 19.9. The highest BCUT2D eigenvalue weighted by Gasteiger charge is 2.05. The fourth-order valence-corrected chi connectivity index (χ4v) is 1.35. The fraction of sp³-hybridized carbons (Fsp3) is 0.417. The van der Waals surface area contributed by atoms with Crippen molar-refractivity contribution in [1.29, 1.82) is 0 Å². The minimum Gasteiger partial charge on any atom is -0.497 e. The van der Waals surface area contributed by atoms with E-state index in [0.717, 1.165) is 0 Å². The first-order valence-electron chi connectivity index (χ1n) is 5.37. The van der Waals surface area contributed by atoms with Gasteiger partial charge in [-0.25, -0.2) is 0 Å². The number of nitrogens with one attached hydrogen (secondary N) is 1. The molecule has 5 nitrogen and oxygen atoms in total. The maximum Gasteiger partial charge on any atom is 0.164 e. The van der Waals surface area contributed by atoms with Crippen LogP contribution in [0.3, 0.4) is 0 Å². The first-order chi connectivity index (χ1) is 8.13. The molecular formula is C12H17NO4. The van der Waals surface area contributed by atoms with Gasteiger partial charge in [0.15, 0.2) is 12.1 Å². The number of carbonyl (C=O) groups excluding carboxylic acids is 1. The zero-order chi connectivity index (χ0) is 12.7. The van der Waals surface area contributed by atoms with E-state index in [2.05, 4.69) is 5.32 Å². The predicted molar refractivity (Wildman–Crippen MR) is 63.0 cm³/mol. The van der Waals surface area contributed by atoms with Gasteiger partial charge in [-0.15, -0.1) is 0 Å². The second-order valence-electron chi connectivity index (χ2n) is 3.59. The average Bonchev–Trinajstić information content (AvgIpc) is 2.34. The molecule has 17 heavy (non-hydrogen) atoms. The number of carbonyl (C=O) groups is 1. The normalized spacial score (nSPS) is 10.6. The molecule has 0 saturated carbocycles. The van der Waals surface area contributed by atoms with Crippen molar-refractivity contribution < 1.29 is 19.7 Å². The topological polar surface area (TPSA) is 78.8 Å². The number of hydrogen-bond acceptors (Lipinski definition) is 5. The number of Topliss-reactive ketones (excluding diaryl/α,β-unsaturated/α-hetero) is 1. The van der Waals surface area contributed by atoms with Crippen LogP contribution in [0.25, 0.3) is 0 Å². The number of aliphatic hydroxyl groups excluding tert-OH is 1. The van der Waals surface area contributed by atoms with E-state index in [9.17, 15) is 4.79 Å². The van der Waals surface area contributed by atoms with E-state index in [1.165, 1.54) is 0 Å². The second-order valence-corrected chi connectivity index (χ2v) is 3.59. The number of ketones is 1. The lowest BCUT2D eigenvalue weighted by Crippen LogP contribution is -2.28. The van der Waals surface area contributed by atoms with Gasteiger partial charge in [0.05, 0.1) is 7.11 Å². The van der Waals surface area contributed by atoms with Crippen molar-refractivity contribution >= 4 is 5.78 Å². The average molecular weight is 239 g/mol. The van der Waals surface area contributed by atoms with Gasteiger partial charge in [0, 0.05) is 25.1 Å². The highest BCUT2D eigenvalue weighted by atomic mass is 16.5. The number of benzene rings is 1. The Kier molecular flexibility index (Phi) is 5.62. The smallest absolute Gasteiger partial charge is 0.164 e. The molecule has 3 N–H and O–H groups in total. The van der Waals surface area contributed by atoms with Crippen LogP contribution in [-0.2, 0) is 0 Å². The Morgan fingerprint density at radius 2 is 2.00 bits per heavy atom. The third kappa shape index (κ3) is 4.95. The van der Waals surface area contributed by atoms with Gasteiger partial charge in [-0.3, -0.25) is 4.79 Å². The van der Waals surface area contributed by atoms with Gasteiger partial charge in [0.1, 0.15) is 5.75 Å². The van der Waals surface area contributed by atoms with E-state index >= 15 is 0 Å². The van der Waals surface area contributed by atoms with Crippen molar-refractivity contribution in [2.75, 3.05) is 20.2 Å². The molecule has 0 aliphatic carbocycles. The summed E-state index contributed by atoms with van der Waals surface area (Å²) in [5.41, 5.74) is 0.622. The molecule has 0 aromatic heterocycles. The van der Waals surface area contributed by atoms with Crippen LogP contribution in [0.15, 0.2) is 24.3 Å². The predicted octanol–water partition coefficient (Wildman–Crippen LogP) is 0.168. The largest absolute Gasteiger partial charge is 0.497 e. The van der Waals surface area contributed by atoms with Crippen LogP contribution < -0.4 is 10.1 Å². The lowest BCUT2D eigenvalue weighted by Gasteiger charge is -2.06. The summed E-state index contributed by atoms with van der Waals surface area (Å²) in [6, 6.07) is 6.89. The van der Waals surface area contributed by atoms with E-state index in [0.29, 0.717) is 24.3 Å². The minimum absolute atomic E-state index is 0.00702. The van der Waals surface area contributed by atoms with Gasteiger partial charge in [-0.1, -0.05) is 0 Å². The number of methoxy groups -OCH3 is 1. The Morgan fingerprint density at radius 3 is 2.53 bits per heavy atom. The molecule has 0 unspecified atom stereocenters. The number of ether oxygens (including phenoxy) is 1. The minimum atomic E-state index is -1.38. The number of aliphatic hydroxyl groups is 2. The van der Waals surface area contributed by atoms with Gasteiger partial charge < -0.3 is 20.3 Å². The first kappa shape index (κ1) is 13.6.